The molecule has 7 heteroatoms. The van der Waals surface area contributed by atoms with Crippen molar-refractivity contribution in [3.63, 3.8) is 0 Å². The Morgan fingerprint density at radius 2 is 2.00 bits per heavy atom. The van der Waals surface area contributed by atoms with E-state index in [4.69, 9.17) is 0 Å². The average molecular weight is 348 g/mol. The van der Waals surface area contributed by atoms with Crippen LogP contribution in [-0.4, -0.2) is 30.6 Å². The second-order valence-electron chi connectivity index (χ2n) is 6.69. The van der Waals surface area contributed by atoms with E-state index in [-0.39, 0.29) is 11.9 Å². The molecule has 0 spiro atoms. The van der Waals surface area contributed by atoms with E-state index >= 15 is 0 Å². The van der Waals surface area contributed by atoms with Gasteiger partial charge in [-0.05, 0) is 44.7 Å². The highest BCUT2D eigenvalue weighted by Gasteiger charge is 2.31. The van der Waals surface area contributed by atoms with Crippen LogP contribution in [0, 0.1) is 12.8 Å². The highest BCUT2D eigenvalue weighted by molar-refractivity contribution is 6.03. The minimum absolute atomic E-state index is 0.240. The first-order valence-electron chi connectivity index (χ1n) is 8.71. The summed E-state index contributed by atoms with van der Waals surface area (Å²) >= 11 is 0. The van der Waals surface area contributed by atoms with Crippen LogP contribution in [0.15, 0.2) is 43.1 Å². The van der Waals surface area contributed by atoms with Crippen molar-refractivity contribution < 1.29 is 4.79 Å². The number of carbonyl (C=O) groups is 1. The summed E-state index contributed by atoms with van der Waals surface area (Å²) < 4.78 is 1.91. The van der Waals surface area contributed by atoms with E-state index in [1.54, 1.807) is 18.6 Å². The standard InChI is InChI=1S/C19H20N6O/c1-12-8-23-25(13(2)14-5-6-14)18(12)24-19(26)16-10-21-17(22-11-16)15-4-3-7-20-9-15/h3-4,7-11,13-14H,5-6H2,1-2H3,(H,24,26)/t13-/m0/s1. The molecule has 0 bridgehead atoms. The first-order chi connectivity index (χ1) is 12.6. The summed E-state index contributed by atoms with van der Waals surface area (Å²) in [6, 6.07) is 3.98. The lowest BCUT2D eigenvalue weighted by atomic mass is 10.2. The average Bonchev–Trinajstić information content (AvgIpc) is 3.47. The lowest BCUT2D eigenvalue weighted by Crippen LogP contribution is -2.19. The van der Waals surface area contributed by atoms with Crippen molar-refractivity contribution in [3.8, 4) is 11.4 Å². The molecule has 1 N–H and O–H groups in total. The number of nitrogens with zero attached hydrogens (tertiary/aromatic N) is 5. The lowest BCUT2D eigenvalue weighted by molar-refractivity contribution is 0.102. The van der Waals surface area contributed by atoms with Gasteiger partial charge in [0.1, 0.15) is 5.82 Å². The largest absolute Gasteiger partial charge is 0.306 e. The van der Waals surface area contributed by atoms with Gasteiger partial charge in [-0.1, -0.05) is 0 Å². The van der Waals surface area contributed by atoms with Crippen LogP contribution in [0.25, 0.3) is 11.4 Å². The number of amides is 1. The molecule has 26 heavy (non-hydrogen) atoms. The highest BCUT2D eigenvalue weighted by atomic mass is 16.1. The molecule has 4 rings (SSSR count). The molecule has 1 aliphatic rings. The minimum Gasteiger partial charge on any atom is -0.306 e. The summed E-state index contributed by atoms with van der Waals surface area (Å²) in [4.78, 5) is 25.2. The fraction of sp³-hybridized carbons (Fsp3) is 0.316. The molecular weight excluding hydrogens is 328 g/mol. The number of aromatic nitrogens is 5. The quantitative estimate of drug-likeness (QED) is 0.765. The summed E-state index contributed by atoms with van der Waals surface area (Å²) in [5.41, 5.74) is 2.16. The molecule has 0 radical (unpaired) electrons. The van der Waals surface area contributed by atoms with Crippen molar-refractivity contribution in [1.82, 2.24) is 24.7 Å². The molecule has 0 saturated heterocycles. The minimum atomic E-state index is -0.240. The smallest absolute Gasteiger partial charge is 0.259 e. The molecule has 1 amide bonds. The molecule has 1 saturated carbocycles. The van der Waals surface area contributed by atoms with Crippen LogP contribution in [-0.2, 0) is 0 Å². The predicted molar refractivity (Wildman–Crippen MR) is 97.6 cm³/mol. The summed E-state index contributed by atoms with van der Waals surface area (Å²) in [6.07, 6.45) is 10.7. The summed E-state index contributed by atoms with van der Waals surface area (Å²) in [5, 5.41) is 7.41. The molecule has 1 atom stereocenters. The Hall–Kier alpha value is -3.09. The zero-order valence-corrected chi connectivity index (χ0v) is 14.8. The Labute approximate surface area is 151 Å². The van der Waals surface area contributed by atoms with Crippen molar-refractivity contribution >= 4 is 11.7 Å². The third-order valence-corrected chi connectivity index (χ3v) is 4.73. The van der Waals surface area contributed by atoms with Crippen molar-refractivity contribution in [2.45, 2.75) is 32.7 Å². The van der Waals surface area contributed by atoms with E-state index in [2.05, 4.69) is 32.3 Å². The van der Waals surface area contributed by atoms with Crippen LogP contribution >= 0.6 is 0 Å². The fourth-order valence-electron chi connectivity index (χ4n) is 2.96. The lowest BCUT2D eigenvalue weighted by Gasteiger charge is -2.16. The molecule has 0 unspecified atom stereocenters. The third-order valence-electron chi connectivity index (χ3n) is 4.73. The van der Waals surface area contributed by atoms with Crippen LogP contribution in [0.1, 0.15) is 41.7 Å². The molecule has 3 aromatic heterocycles. The van der Waals surface area contributed by atoms with Crippen LogP contribution in [0.4, 0.5) is 5.82 Å². The van der Waals surface area contributed by atoms with E-state index in [0.29, 0.717) is 17.3 Å². The van der Waals surface area contributed by atoms with Gasteiger partial charge in [-0.25, -0.2) is 14.6 Å². The molecular formula is C19H20N6O. The van der Waals surface area contributed by atoms with Crippen molar-refractivity contribution in [2.24, 2.45) is 5.92 Å². The zero-order valence-electron chi connectivity index (χ0n) is 14.8. The van der Waals surface area contributed by atoms with Gasteiger partial charge in [0.15, 0.2) is 5.82 Å². The Bertz CT molecular complexity index is 915. The Kier molecular flexibility index (Phi) is 4.20. The van der Waals surface area contributed by atoms with Crippen LogP contribution in [0.2, 0.25) is 0 Å². The summed E-state index contributed by atoms with van der Waals surface area (Å²) in [7, 11) is 0. The predicted octanol–water partition coefficient (Wildman–Crippen LogP) is 3.27. The molecule has 132 valence electrons. The maximum Gasteiger partial charge on any atom is 0.259 e. The van der Waals surface area contributed by atoms with E-state index in [9.17, 15) is 4.79 Å². The highest BCUT2D eigenvalue weighted by Crippen LogP contribution is 2.40. The van der Waals surface area contributed by atoms with Crippen molar-refractivity contribution in [3.05, 3.63) is 54.2 Å². The molecule has 1 aliphatic carbocycles. The van der Waals surface area contributed by atoms with E-state index in [0.717, 1.165) is 16.9 Å². The van der Waals surface area contributed by atoms with Gasteiger partial charge in [-0.2, -0.15) is 5.10 Å². The van der Waals surface area contributed by atoms with Gasteiger partial charge < -0.3 is 5.32 Å². The zero-order chi connectivity index (χ0) is 18.1. The maximum atomic E-state index is 12.6. The topological polar surface area (TPSA) is 85.6 Å². The summed E-state index contributed by atoms with van der Waals surface area (Å²) in [5.74, 6) is 1.69. The second kappa shape index (κ2) is 6.67. The Morgan fingerprint density at radius 3 is 2.65 bits per heavy atom. The van der Waals surface area contributed by atoms with Gasteiger partial charge in [0.05, 0.1) is 17.8 Å². The van der Waals surface area contributed by atoms with Gasteiger partial charge in [0.25, 0.3) is 5.91 Å². The van der Waals surface area contributed by atoms with Crippen molar-refractivity contribution in [2.75, 3.05) is 5.32 Å². The molecule has 1 fully saturated rings. The normalized spacial score (nSPS) is 14.8. The molecule has 0 aromatic carbocycles. The number of rotatable bonds is 5. The van der Waals surface area contributed by atoms with Gasteiger partial charge >= 0.3 is 0 Å². The second-order valence-corrected chi connectivity index (χ2v) is 6.69. The fourth-order valence-corrected chi connectivity index (χ4v) is 2.96. The Morgan fingerprint density at radius 1 is 1.23 bits per heavy atom. The number of nitrogens with one attached hydrogen (secondary N) is 1. The van der Waals surface area contributed by atoms with Gasteiger partial charge in [-0.3, -0.25) is 9.78 Å². The number of aryl methyl sites for hydroxylation is 1. The Balaban J connectivity index is 1.53. The monoisotopic (exact) mass is 348 g/mol. The van der Waals surface area contributed by atoms with Crippen LogP contribution in [0.5, 0.6) is 0 Å². The number of anilines is 1. The van der Waals surface area contributed by atoms with Crippen LogP contribution in [0.3, 0.4) is 0 Å². The number of carbonyl (C=O) groups excluding carboxylic acids is 1. The number of hydrogen-bond acceptors (Lipinski definition) is 5. The van der Waals surface area contributed by atoms with Gasteiger partial charge in [0.2, 0.25) is 0 Å². The number of hydrogen-bond donors (Lipinski definition) is 1. The third kappa shape index (κ3) is 3.20. The van der Waals surface area contributed by atoms with Gasteiger partial charge in [0, 0.05) is 35.9 Å². The number of pyridine rings is 1. The van der Waals surface area contributed by atoms with E-state index < -0.39 is 0 Å². The summed E-state index contributed by atoms with van der Waals surface area (Å²) in [6.45, 7) is 4.09. The molecule has 0 aliphatic heterocycles. The van der Waals surface area contributed by atoms with Crippen LogP contribution < -0.4 is 5.32 Å². The van der Waals surface area contributed by atoms with E-state index in [1.807, 2.05) is 23.7 Å². The first-order valence-corrected chi connectivity index (χ1v) is 8.71. The van der Waals surface area contributed by atoms with Gasteiger partial charge in [-0.15, -0.1) is 0 Å². The molecule has 3 aromatic rings. The van der Waals surface area contributed by atoms with E-state index in [1.165, 1.54) is 25.2 Å². The molecule has 7 nitrogen and oxygen atoms in total. The SMILES string of the molecule is Cc1cnn([C@@H](C)C2CC2)c1NC(=O)c1cnc(-c2cccnc2)nc1. The maximum absolute atomic E-state index is 12.6. The van der Waals surface area contributed by atoms with Crippen molar-refractivity contribution in [1.29, 1.82) is 0 Å². The first kappa shape index (κ1) is 16.4. The molecule has 3 heterocycles.